The molecule has 0 fully saturated rings. The maximum Gasteiger partial charge on any atom is 0.142 e. The van der Waals surface area contributed by atoms with Crippen LogP contribution in [-0.4, -0.2) is 6.54 Å². The van der Waals surface area contributed by atoms with Gasteiger partial charge < -0.3 is 5.32 Å². The first-order chi connectivity index (χ1) is 10.1. The van der Waals surface area contributed by atoms with Gasteiger partial charge in [-0.2, -0.15) is 0 Å². The van der Waals surface area contributed by atoms with Crippen LogP contribution in [0.5, 0.6) is 0 Å². The van der Waals surface area contributed by atoms with Crippen LogP contribution in [0.25, 0.3) is 0 Å². The molecule has 2 rings (SSSR count). The highest BCUT2D eigenvalue weighted by atomic mass is 79.9. The molecule has 0 heterocycles. The highest BCUT2D eigenvalue weighted by molar-refractivity contribution is 9.10. The van der Waals surface area contributed by atoms with Crippen LogP contribution >= 0.6 is 27.5 Å². The maximum atomic E-state index is 13.7. The van der Waals surface area contributed by atoms with E-state index in [1.54, 1.807) is 6.07 Å². The van der Waals surface area contributed by atoms with Gasteiger partial charge in [-0.1, -0.05) is 58.7 Å². The van der Waals surface area contributed by atoms with Gasteiger partial charge >= 0.3 is 0 Å². The maximum absolute atomic E-state index is 13.7. The normalized spacial score (nSPS) is 12.4. The van der Waals surface area contributed by atoms with Gasteiger partial charge in [0, 0.05) is 10.5 Å². The lowest BCUT2D eigenvalue weighted by Crippen LogP contribution is -2.24. The fraction of sp³-hybridized carbons (Fsp3) is 0.294. The molecule has 0 radical (unpaired) electrons. The molecule has 0 saturated heterocycles. The van der Waals surface area contributed by atoms with Gasteiger partial charge in [-0.05, 0) is 48.7 Å². The van der Waals surface area contributed by atoms with E-state index in [0.717, 1.165) is 29.4 Å². The zero-order valence-corrected chi connectivity index (χ0v) is 14.2. The fourth-order valence-electron chi connectivity index (χ4n) is 2.24. The van der Waals surface area contributed by atoms with E-state index in [1.807, 2.05) is 24.3 Å². The molecule has 0 amide bonds. The average molecular weight is 371 g/mol. The third kappa shape index (κ3) is 4.53. The van der Waals surface area contributed by atoms with Crippen molar-refractivity contribution in [2.24, 2.45) is 0 Å². The molecule has 0 spiro atoms. The van der Waals surface area contributed by atoms with Crippen LogP contribution in [-0.2, 0) is 6.42 Å². The van der Waals surface area contributed by atoms with Gasteiger partial charge in [0.25, 0.3) is 0 Å². The second-order valence-electron chi connectivity index (χ2n) is 4.98. The Hall–Kier alpha value is -0.900. The Morgan fingerprint density at radius 1 is 1.24 bits per heavy atom. The van der Waals surface area contributed by atoms with Gasteiger partial charge in [0.15, 0.2) is 0 Å². The van der Waals surface area contributed by atoms with E-state index in [-0.39, 0.29) is 16.9 Å². The largest absolute Gasteiger partial charge is 0.310 e. The summed E-state index contributed by atoms with van der Waals surface area (Å²) in [5, 5.41) is 3.64. The van der Waals surface area contributed by atoms with Crippen LogP contribution in [0.15, 0.2) is 46.9 Å². The van der Waals surface area contributed by atoms with Gasteiger partial charge in [0.05, 0.1) is 5.02 Å². The lowest BCUT2D eigenvalue weighted by Gasteiger charge is -2.20. The van der Waals surface area contributed by atoms with Crippen molar-refractivity contribution in [1.29, 1.82) is 0 Å². The van der Waals surface area contributed by atoms with Gasteiger partial charge in [-0.15, -0.1) is 0 Å². The van der Waals surface area contributed by atoms with Crippen molar-refractivity contribution in [3.8, 4) is 0 Å². The van der Waals surface area contributed by atoms with Crippen LogP contribution in [0.2, 0.25) is 5.02 Å². The summed E-state index contributed by atoms with van der Waals surface area (Å²) >= 11 is 9.34. The summed E-state index contributed by atoms with van der Waals surface area (Å²) in [7, 11) is 0. The minimum absolute atomic E-state index is 0.0652. The lowest BCUT2D eigenvalue weighted by molar-refractivity contribution is 0.523. The van der Waals surface area contributed by atoms with Crippen molar-refractivity contribution >= 4 is 27.5 Å². The number of hydrogen-bond acceptors (Lipinski definition) is 1. The molecular formula is C17H18BrClFN. The van der Waals surface area contributed by atoms with Crippen LogP contribution in [0.4, 0.5) is 4.39 Å². The molecule has 0 aliphatic carbocycles. The van der Waals surface area contributed by atoms with Crippen molar-refractivity contribution in [3.05, 3.63) is 68.9 Å². The van der Waals surface area contributed by atoms with E-state index in [0.29, 0.717) is 0 Å². The molecule has 112 valence electrons. The molecule has 0 aliphatic heterocycles. The number of benzene rings is 2. The highest BCUT2D eigenvalue weighted by Gasteiger charge is 2.14. The Morgan fingerprint density at radius 2 is 2.00 bits per heavy atom. The summed E-state index contributed by atoms with van der Waals surface area (Å²) in [6, 6.07) is 13.2. The Bertz CT molecular complexity index is 603. The van der Waals surface area contributed by atoms with Crippen molar-refractivity contribution < 1.29 is 4.39 Å². The molecule has 1 atom stereocenters. The summed E-state index contributed by atoms with van der Waals surface area (Å²) < 4.78 is 14.8. The fourth-order valence-corrected chi connectivity index (χ4v) is 2.80. The third-order valence-electron chi connectivity index (χ3n) is 3.37. The molecule has 1 nitrogen and oxygen atoms in total. The van der Waals surface area contributed by atoms with Crippen molar-refractivity contribution in [2.45, 2.75) is 25.8 Å². The Kier molecular flexibility index (Phi) is 6.22. The Morgan fingerprint density at radius 3 is 2.67 bits per heavy atom. The molecule has 2 aromatic carbocycles. The van der Waals surface area contributed by atoms with E-state index >= 15 is 0 Å². The first-order valence-electron chi connectivity index (χ1n) is 7.03. The zero-order chi connectivity index (χ0) is 15.2. The van der Waals surface area contributed by atoms with E-state index in [4.69, 9.17) is 11.6 Å². The molecule has 1 N–H and O–H groups in total. The standard InChI is InChI=1S/C17H18BrClFN/c1-2-9-21-17(11-12-5-3-4-6-14(12)18)13-7-8-15(19)16(20)10-13/h3-8,10,17,21H,2,9,11H2,1H3. The molecule has 4 heteroatoms. The van der Waals surface area contributed by atoms with E-state index < -0.39 is 0 Å². The van der Waals surface area contributed by atoms with Crippen molar-refractivity contribution in [3.63, 3.8) is 0 Å². The number of nitrogens with one attached hydrogen (secondary N) is 1. The minimum atomic E-state index is -0.371. The van der Waals surface area contributed by atoms with Gasteiger partial charge in [0.1, 0.15) is 5.82 Å². The summed E-state index contributed by atoms with van der Waals surface area (Å²) in [5.74, 6) is -0.371. The molecule has 0 saturated carbocycles. The average Bonchev–Trinajstić information content (AvgIpc) is 2.48. The summed E-state index contributed by atoms with van der Waals surface area (Å²) in [6.07, 6.45) is 1.82. The van der Waals surface area contributed by atoms with Crippen LogP contribution in [0.1, 0.15) is 30.5 Å². The molecule has 0 aromatic heterocycles. The monoisotopic (exact) mass is 369 g/mol. The number of rotatable bonds is 6. The summed E-state index contributed by atoms with van der Waals surface area (Å²) in [4.78, 5) is 0. The number of hydrogen-bond donors (Lipinski definition) is 1. The first-order valence-corrected chi connectivity index (χ1v) is 8.20. The molecule has 0 bridgehead atoms. The third-order valence-corrected chi connectivity index (χ3v) is 4.45. The van der Waals surface area contributed by atoms with Crippen molar-refractivity contribution in [2.75, 3.05) is 6.54 Å². The first kappa shape index (κ1) is 16.5. The predicted molar refractivity (Wildman–Crippen MR) is 90.3 cm³/mol. The number of halogens is 3. The molecule has 1 unspecified atom stereocenters. The molecular weight excluding hydrogens is 353 g/mol. The van der Waals surface area contributed by atoms with Crippen LogP contribution in [0, 0.1) is 5.82 Å². The van der Waals surface area contributed by atoms with Crippen LogP contribution < -0.4 is 5.32 Å². The Labute approximate surface area is 138 Å². The van der Waals surface area contributed by atoms with Gasteiger partial charge in [0.2, 0.25) is 0 Å². The van der Waals surface area contributed by atoms with E-state index in [9.17, 15) is 4.39 Å². The van der Waals surface area contributed by atoms with Crippen molar-refractivity contribution in [1.82, 2.24) is 5.32 Å². The smallest absolute Gasteiger partial charge is 0.142 e. The molecule has 21 heavy (non-hydrogen) atoms. The SMILES string of the molecule is CCCNC(Cc1ccccc1Br)c1ccc(Cl)c(F)c1. The second-order valence-corrected chi connectivity index (χ2v) is 6.24. The quantitative estimate of drug-likeness (QED) is 0.705. The van der Waals surface area contributed by atoms with Gasteiger partial charge in [-0.3, -0.25) is 0 Å². The topological polar surface area (TPSA) is 12.0 Å². The summed E-state index contributed by atoms with van der Waals surface area (Å²) in [5.41, 5.74) is 2.11. The van der Waals surface area contributed by atoms with E-state index in [2.05, 4.69) is 34.2 Å². The van der Waals surface area contributed by atoms with Crippen LogP contribution in [0.3, 0.4) is 0 Å². The zero-order valence-electron chi connectivity index (χ0n) is 11.9. The Balaban J connectivity index is 2.25. The molecule has 0 aliphatic rings. The highest BCUT2D eigenvalue weighted by Crippen LogP contribution is 2.26. The lowest BCUT2D eigenvalue weighted by atomic mass is 9.98. The summed E-state index contributed by atoms with van der Waals surface area (Å²) in [6.45, 7) is 3.00. The minimum Gasteiger partial charge on any atom is -0.310 e. The predicted octanol–water partition coefficient (Wildman–Crippen LogP) is 5.53. The van der Waals surface area contributed by atoms with E-state index in [1.165, 1.54) is 11.6 Å². The molecule has 2 aromatic rings. The second kappa shape index (κ2) is 7.92. The van der Waals surface area contributed by atoms with Gasteiger partial charge in [-0.25, -0.2) is 4.39 Å².